The van der Waals surface area contributed by atoms with Gasteiger partial charge in [-0.2, -0.15) is 0 Å². The molecule has 1 aromatic carbocycles. The summed E-state index contributed by atoms with van der Waals surface area (Å²) in [6, 6.07) is 5.32. The topological polar surface area (TPSA) is 70.0 Å². The number of benzene rings is 1. The molecule has 0 saturated carbocycles. The summed E-state index contributed by atoms with van der Waals surface area (Å²) in [5.41, 5.74) is 2.00. The van der Waals surface area contributed by atoms with E-state index in [4.69, 9.17) is 4.74 Å². The highest BCUT2D eigenvalue weighted by Gasteiger charge is 2.26. The van der Waals surface area contributed by atoms with Crippen molar-refractivity contribution < 1.29 is 19.6 Å². The molecule has 1 amide bonds. The third kappa shape index (κ3) is 3.52. The lowest BCUT2D eigenvalue weighted by Crippen LogP contribution is -2.40. The van der Waals surface area contributed by atoms with Crippen LogP contribution in [0.15, 0.2) is 18.2 Å². The number of nitrogens with zero attached hydrogens (tertiary/aromatic N) is 1. The molecule has 0 bridgehead atoms. The van der Waals surface area contributed by atoms with Gasteiger partial charge in [0.15, 0.2) is 0 Å². The van der Waals surface area contributed by atoms with Crippen LogP contribution in [-0.4, -0.2) is 40.3 Å². The standard InChI is InChI=1S/C14H20BNO4/c1-14(2,3)20-13(17)16-7-6-10-4-5-12(15(18)19)8-11(10)9-16/h4-5,8,18-19H,6-7,9H2,1-3H3. The van der Waals surface area contributed by atoms with Crippen molar-refractivity contribution in [1.82, 2.24) is 4.90 Å². The number of hydrogen-bond donors (Lipinski definition) is 2. The highest BCUT2D eigenvalue weighted by atomic mass is 16.6. The minimum absolute atomic E-state index is 0.335. The largest absolute Gasteiger partial charge is 0.488 e. The lowest BCUT2D eigenvalue weighted by atomic mass is 9.78. The molecule has 2 rings (SSSR count). The molecule has 20 heavy (non-hydrogen) atoms. The summed E-state index contributed by atoms with van der Waals surface area (Å²) < 4.78 is 5.36. The van der Waals surface area contributed by atoms with Gasteiger partial charge >= 0.3 is 13.2 Å². The molecule has 1 aromatic rings. The van der Waals surface area contributed by atoms with Crippen molar-refractivity contribution in [1.29, 1.82) is 0 Å². The summed E-state index contributed by atoms with van der Waals surface area (Å²) >= 11 is 0. The summed E-state index contributed by atoms with van der Waals surface area (Å²) in [6.45, 7) is 6.56. The Morgan fingerprint density at radius 3 is 2.60 bits per heavy atom. The van der Waals surface area contributed by atoms with Crippen LogP contribution in [0.2, 0.25) is 0 Å². The van der Waals surface area contributed by atoms with E-state index in [2.05, 4.69) is 0 Å². The quantitative estimate of drug-likeness (QED) is 0.740. The first-order valence-corrected chi connectivity index (χ1v) is 6.72. The van der Waals surface area contributed by atoms with Crippen LogP contribution in [0.3, 0.4) is 0 Å². The van der Waals surface area contributed by atoms with Crippen molar-refractivity contribution in [2.45, 2.75) is 39.3 Å². The minimum Gasteiger partial charge on any atom is -0.444 e. The van der Waals surface area contributed by atoms with E-state index in [0.717, 1.165) is 17.5 Å². The van der Waals surface area contributed by atoms with Gasteiger partial charge in [0.2, 0.25) is 0 Å². The minimum atomic E-state index is -1.49. The molecule has 1 heterocycles. The van der Waals surface area contributed by atoms with Crippen molar-refractivity contribution >= 4 is 18.7 Å². The number of carbonyl (C=O) groups is 1. The smallest absolute Gasteiger partial charge is 0.444 e. The third-order valence-corrected chi connectivity index (χ3v) is 3.19. The molecule has 2 N–H and O–H groups in total. The molecule has 0 aliphatic carbocycles. The van der Waals surface area contributed by atoms with Gasteiger partial charge in [0.25, 0.3) is 0 Å². The predicted molar refractivity (Wildman–Crippen MR) is 76.6 cm³/mol. The Kier molecular flexibility index (Phi) is 4.06. The molecule has 108 valence electrons. The first-order valence-electron chi connectivity index (χ1n) is 6.72. The van der Waals surface area contributed by atoms with Crippen molar-refractivity contribution in [3.8, 4) is 0 Å². The Bertz CT molecular complexity index is 510. The average Bonchev–Trinajstić information content (AvgIpc) is 2.35. The van der Waals surface area contributed by atoms with Crippen LogP contribution < -0.4 is 5.46 Å². The van der Waals surface area contributed by atoms with Crippen molar-refractivity contribution in [3.05, 3.63) is 29.3 Å². The molecule has 0 saturated heterocycles. The number of rotatable bonds is 1. The Morgan fingerprint density at radius 1 is 1.30 bits per heavy atom. The monoisotopic (exact) mass is 277 g/mol. The van der Waals surface area contributed by atoms with Crippen LogP contribution in [-0.2, 0) is 17.7 Å². The summed E-state index contributed by atoms with van der Waals surface area (Å²) in [5.74, 6) is 0. The van der Waals surface area contributed by atoms with Gasteiger partial charge in [-0.25, -0.2) is 4.79 Å². The van der Waals surface area contributed by atoms with Crippen LogP contribution in [0.4, 0.5) is 4.79 Å². The second-order valence-electron chi connectivity index (χ2n) is 6.05. The summed E-state index contributed by atoms with van der Waals surface area (Å²) in [4.78, 5) is 13.7. The van der Waals surface area contributed by atoms with E-state index >= 15 is 0 Å². The molecule has 6 heteroatoms. The zero-order valence-corrected chi connectivity index (χ0v) is 12.1. The normalized spacial score (nSPS) is 14.8. The molecule has 1 aliphatic heterocycles. The second-order valence-corrected chi connectivity index (χ2v) is 6.05. The first kappa shape index (κ1) is 14.9. The molecule has 5 nitrogen and oxygen atoms in total. The number of fused-ring (bicyclic) bond motifs is 1. The van der Waals surface area contributed by atoms with Gasteiger partial charge in [0, 0.05) is 13.1 Å². The van der Waals surface area contributed by atoms with Gasteiger partial charge in [-0.15, -0.1) is 0 Å². The SMILES string of the molecule is CC(C)(C)OC(=O)N1CCc2ccc(B(O)O)cc2C1. The Morgan fingerprint density at radius 2 is 2.00 bits per heavy atom. The van der Waals surface area contributed by atoms with Crippen LogP contribution in [0, 0.1) is 0 Å². The maximum Gasteiger partial charge on any atom is 0.488 e. The van der Waals surface area contributed by atoms with Crippen LogP contribution in [0.25, 0.3) is 0 Å². The molecule has 0 atom stereocenters. The predicted octanol–water partition coefficient (Wildman–Crippen LogP) is 0.660. The van der Waals surface area contributed by atoms with E-state index in [1.807, 2.05) is 26.8 Å². The van der Waals surface area contributed by atoms with Crippen LogP contribution >= 0.6 is 0 Å². The summed E-state index contributed by atoms with van der Waals surface area (Å²) in [6.07, 6.45) is 0.411. The van der Waals surface area contributed by atoms with Crippen LogP contribution in [0.5, 0.6) is 0 Å². The van der Waals surface area contributed by atoms with Gasteiger partial charge in [-0.1, -0.05) is 18.2 Å². The molecular weight excluding hydrogens is 257 g/mol. The fourth-order valence-corrected chi connectivity index (χ4v) is 2.22. The van der Waals surface area contributed by atoms with E-state index < -0.39 is 12.7 Å². The van der Waals surface area contributed by atoms with Gasteiger partial charge in [-0.05, 0) is 43.8 Å². The molecular formula is C14H20BNO4. The molecule has 0 aromatic heterocycles. The average molecular weight is 277 g/mol. The Hall–Kier alpha value is -1.53. The first-order chi connectivity index (χ1) is 9.26. The second kappa shape index (κ2) is 5.46. The van der Waals surface area contributed by atoms with Gasteiger partial charge in [0.05, 0.1) is 0 Å². The maximum atomic E-state index is 12.0. The van der Waals surface area contributed by atoms with E-state index in [9.17, 15) is 14.8 Å². The Labute approximate surface area is 119 Å². The van der Waals surface area contributed by atoms with Crippen LogP contribution in [0.1, 0.15) is 31.9 Å². The fourth-order valence-electron chi connectivity index (χ4n) is 2.22. The zero-order valence-electron chi connectivity index (χ0n) is 12.1. The molecule has 0 fully saturated rings. The van der Waals surface area contributed by atoms with Crippen molar-refractivity contribution in [2.24, 2.45) is 0 Å². The number of amides is 1. The van der Waals surface area contributed by atoms with Gasteiger partial charge in [-0.3, -0.25) is 0 Å². The maximum absolute atomic E-state index is 12.0. The molecule has 0 radical (unpaired) electrons. The molecule has 0 spiro atoms. The number of ether oxygens (including phenoxy) is 1. The highest BCUT2D eigenvalue weighted by Crippen LogP contribution is 2.20. The summed E-state index contributed by atoms with van der Waals surface area (Å²) in [5, 5.41) is 18.4. The fraction of sp³-hybridized carbons (Fsp3) is 0.500. The molecule has 0 unspecified atom stereocenters. The highest BCUT2D eigenvalue weighted by molar-refractivity contribution is 6.58. The molecule has 1 aliphatic rings. The summed E-state index contributed by atoms with van der Waals surface area (Å²) in [7, 11) is -1.49. The number of hydrogen-bond acceptors (Lipinski definition) is 4. The third-order valence-electron chi connectivity index (χ3n) is 3.19. The lowest BCUT2D eigenvalue weighted by molar-refractivity contribution is 0.0224. The van der Waals surface area contributed by atoms with Crippen molar-refractivity contribution in [3.63, 3.8) is 0 Å². The van der Waals surface area contributed by atoms with E-state index in [1.165, 1.54) is 0 Å². The van der Waals surface area contributed by atoms with Gasteiger partial charge < -0.3 is 19.7 Å². The van der Waals surface area contributed by atoms with E-state index in [-0.39, 0.29) is 6.09 Å². The van der Waals surface area contributed by atoms with E-state index in [1.54, 1.807) is 17.0 Å². The number of carbonyl (C=O) groups excluding carboxylic acids is 1. The Balaban J connectivity index is 2.13. The lowest BCUT2D eigenvalue weighted by Gasteiger charge is -2.31. The van der Waals surface area contributed by atoms with Crippen molar-refractivity contribution in [2.75, 3.05) is 6.54 Å². The van der Waals surface area contributed by atoms with E-state index in [0.29, 0.717) is 18.6 Å². The zero-order chi connectivity index (χ0) is 14.9. The van der Waals surface area contributed by atoms with Gasteiger partial charge in [0.1, 0.15) is 5.60 Å².